The minimum atomic E-state index is -3.50. The zero-order valence-corrected chi connectivity index (χ0v) is 28.0. The van der Waals surface area contributed by atoms with Gasteiger partial charge in [0, 0.05) is 12.2 Å². The molecule has 1 unspecified atom stereocenters. The number of urea groups is 1. The van der Waals surface area contributed by atoms with Crippen LogP contribution in [0.1, 0.15) is 87.2 Å². The van der Waals surface area contributed by atoms with Crippen LogP contribution in [-0.2, 0) is 15.4 Å². The molecule has 3 heterocycles. The van der Waals surface area contributed by atoms with Crippen molar-refractivity contribution in [3.05, 3.63) is 83.3 Å². The van der Waals surface area contributed by atoms with E-state index >= 15 is 0 Å². The highest BCUT2D eigenvalue weighted by Crippen LogP contribution is 2.39. The van der Waals surface area contributed by atoms with Crippen molar-refractivity contribution in [2.45, 2.75) is 70.1 Å². The Balaban J connectivity index is 1.18. The number of fused-ring (bicyclic) bond motifs is 2. The van der Waals surface area contributed by atoms with Crippen LogP contribution in [0.2, 0.25) is 0 Å². The van der Waals surface area contributed by atoms with Gasteiger partial charge in [0.15, 0.2) is 11.5 Å². The Hall–Kier alpha value is -4.20. The molecule has 0 spiro atoms. The molecule has 0 saturated carbocycles. The van der Waals surface area contributed by atoms with Crippen molar-refractivity contribution in [2.24, 2.45) is 0 Å². The predicted molar refractivity (Wildman–Crippen MR) is 181 cm³/mol. The van der Waals surface area contributed by atoms with E-state index in [4.69, 9.17) is 4.74 Å². The van der Waals surface area contributed by atoms with Crippen LogP contribution in [0.3, 0.4) is 0 Å². The van der Waals surface area contributed by atoms with E-state index in [-0.39, 0.29) is 36.2 Å². The summed E-state index contributed by atoms with van der Waals surface area (Å²) < 4.78 is 35.0. The molecule has 47 heavy (non-hydrogen) atoms. The summed E-state index contributed by atoms with van der Waals surface area (Å²) >= 11 is 0. The second-order valence-corrected chi connectivity index (χ2v) is 15.2. The Morgan fingerprint density at radius 2 is 1.79 bits per heavy atom. The van der Waals surface area contributed by atoms with E-state index in [0.29, 0.717) is 36.5 Å². The first-order valence-electron chi connectivity index (χ1n) is 16.0. The van der Waals surface area contributed by atoms with E-state index in [2.05, 4.69) is 30.5 Å². The van der Waals surface area contributed by atoms with E-state index in [1.807, 2.05) is 73.8 Å². The van der Waals surface area contributed by atoms with Gasteiger partial charge in [-0.25, -0.2) is 13.2 Å². The fourth-order valence-electron chi connectivity index (χ4n) is 6.62. The number of nitrogens with one attached hydrogen (secondary N) is 3. The summed E-state index contributed by atoms with van der Waals surface area (Å²) in [5, 5.41) is 24.4. The monoisotopic (exact) mass is 661 g/mol. The molecule has 2 amide bonds. The molecule has 2 aromatic carbocycles. The minimum Gasteiger partial charge on any atom is -0.484 e. The molecule has 0 radical (unpaired) electrons. The lowest BCUT2D eigenvalue weighted by Gasteiger charge is -2.32. The maximum Gasteiger partial charge on any atom is 0.319 e. The molecular weight excluding hydrogens is 618 g/mol. The molecule has 1 aliphatic heterocycles. The number of ether oxygens (including phenoxy) is 1. The van der Waals surface area contributed by atoms with Gasteiger partial charge in [-0.1, -0.05) is 45.0 Å². The lowest BCUT2D eigenvalue weighted by molar-refractivity contribution is 0.171. The highest BCUT2D eigenvalue weighted by Gasteiger charge is 2.31. The number of anilines is 2. The molecule has 0 bridgehead atoms. The van der Waals surface area contributed by atoms with Crippen molar-refractivity contribution in [2.75, 3.05) is 36.0 Å². The number of carbonyl (C=O) groups is 1. The number of aliphatic hydroxyl groups is 1. The Labute approximate surface area is 275 Å². The molecule has 2 aromatic heterocycles. The summed E-state index contributed by atoms with van der Waals surface area (Å²) in [5.74, 6) is 1.55. The number of aliphatic hydroxyl groups excluding tert-OH is 1. The zero-order valence-electron chi connectivity index (χ0n) is 27.2. The number of carbonyl (C=O) groups excluding carboxylic acids is 1. The Bertz CT molecular complexity index is 1870. The Kier molecular flexibility index (Phi) is 9.14. The van der Waals surface area contributed by atoms with Crippen molar-refractivity contribution in [3.8, 4) is 5.75 Å². The molecule has 1 aliphatic carbocycles. The van der Waals surface area contributed by atoms with Crippen LogP contribution in [0.25, 0.3) is 5.65 Å². The smallest absolute Gasteiger partial charge is 0.319 e. The summed E-state index contributed by atoms with van der Waals surface area (Å²) in [6.45, 7) is 7.71. The first kappa shape index (κ1) is 32.7. The average Bonchev–Trinajstić information content (AvgIpc) is 3.63. The fourth-order valence-corrected chi connectivity index (χ4v) is 7.16. The van der Waals surface area contributed by atoms with Gasteiger partial charge in [-0.3, -0.25) is 14.0 Å². The first-order valence-corrected chi connectivity index (χ1v) is 17.9. The molecule has 6 rings (SSSR count). The summed E-state index contributed by atoms with van der Waals surface area (Å²) in [6, 6.07) is 16.5. The van der Waals surface area contributed by atoms with Gasteiger partial charge in [0.2, 0.25) is 10.0 Å². The lowest BCUT2D eigenvalue weighted by Crippen LogP contribution is -2.35. The van der Waals surface area contributed by atoms with E-state index < -0.39 is 10.0 Å². The van der Waals surface area contributed by atoms with Crippen molar-refractivity contribution < 1.29 is 23.1 Å². The first-order chi connectivity index (χ1) is 22.4. The predicted octanol–water partition coefficient (Wildman–Crippen LogP) is 5.30. The summed E-state index contributed by atoms with van der Waals surface area (Å²) in [5.41, 5.74) is 4.23. The third kappa shape index (κ3) is 7.53. The topological polar surface area (TPSA) is 150 Å². The van der Waals surface area contributed by atoms with Crippen molar-refractivity contribution >= 4 is 33.1 Å². The number of hydrogen-bond acceptors (Lipinski definition) is 8. The van der Waals surface area contributed by atoms with Gasteiger partial charge in [-0.15, -0.1) is 10.2 Å². The number of pyridine rings is 1. The van der Waals surface area contributed by atoms with Crippen LogP contribution in [-0.4, -0.2) is 65.0 Å². The number of benzene rings is 2. The molecule has 4 aromatic rings. The quantitative estimate of drug-likeness (QED) is 0.189. The second-order valence-electron chi connectivity index (χ2n) is 13.5. The van der Waals surface area contributed by atoms with Gasteiger partial charge >= 0.3 is 6.03 Å². The standard InChI is InChI=1S/C34H43N7O5S/c1-34(2,3)22-18-23(20-24(19-22)39-47(4,44)45)35-33(43)36-28-12-13-30(27-9-6-5-8-26(27)28)46-25-11-14-31-37-38-32(41(31)21-25)29-10-7-15-40(29)16-17-42/h5-6,8-9,11,14,18-21,28-30,39,42H,7,10,12-13,15-17H2,1-4H3,(H2,35,36,43)/t28-,29?,30+/m0/s1. The molecule has 2 aliphatic rings. The number of hydrogen-bond donors (Lipinski definition) is 4. The highest BCUT2D eigenvalue weighted by molar-refractivity contribution is 7.92. The molecular formula is C34H43N7O5S. The van der Waals surface area contributed by atoms with Gasteiger partial charge < -0.3 is 20.5 Å². The van der Waals surface area contributed by atoms with Crippen molar-refractivity contribution in [1.29, 1.82) is 0 Å². The van der Waals surface area contributed by atoms with Crippen LogP contribution in [0, 0.1) is 0 Å². The fraction of sp³-hybridized carbons (Fsp3) is 0.441. The molecule has 4 N–H and O–H groups in total. The summed E-state index contributed by atoms with van der Waals surface area (Å²) in [7, 11) is -3.50. The second kappa shape index (κ2) is 13.1. The van der Waals surface area contributed by atoms with Crippen LogP contribution >= 0.6 is 0 Å². The van der Waals surface area contributed by atoms with E-state index in [1.165, 1.54) is 0 Å². The third-order valence-corrected chi connectivity index (χ3v) is 9.44. The number of β-amino-alcohol motifs (C(OH)–C–C–N with tert-alkyl or cyclic N) is 1. The maximum atomic E-state index is 13.3. The number of aromatic nitrogens is 3. The van der Waals surface area contributed by atoms with Gasteiger partial charge in [0.1, 0.15) is 11.9 Å². The number of likely N-dealkylation sites (tertiary alicyclic amines) is 1. The average molecular weight is 662 g/mol. The van der Waals surface area contributed by atoms with E-state index in [0.717, 1.165) is 53.8 Å². The summed E-state index contributed by atoms with van der Waals surface area (Å²) in [4.78, 5) is 15.5. The molecule has 1 saturated heterocycles. The number of nitrogens with zero attached hydrogens (tertiary/aromatic N) is 4. The number of sulfonamides is 1. The van der Waals surface area contributed by atoms with Crippen LogP contribution in [0.15, 0.2) is 60.8 Å². The Morgan fingerprint density at radius 1 is 1.02 bits per heavy atom. The minimum absolute atomic E-state index is 0.0965. The molecule has 1 fully saturated rings. The number of rotatable bonds is 9. The van der Waals surface area contributed by atoms with Crippen LogP contribution in [0.4, 0.5) is 16.2 Å². The van der Waals surface area contributed by atoms with Gasteiger partial charge in [-0.05, 0) is 84.7 Å². The zero-order chi connectivity index (χ0) is 33.3. The summed E-state index contributed by atoms with van der Waals surface area (Å²) in [6.07, 6.45) is 6.19. The highest BCUT2D eigenvalue weighted by atomic mass is 32.2. The Morgan fingerprint density at radius 3 is 2.53 bits per heavy atom. The number of amides is 2. The van der Waals surface area contributed by atoms with Gasteiger partial charge in [0.25, 0.3) is 0 Å². The molecule has 250 valence electrons. The molecule has 3 atom stereocenters. The van der Waals surface area contributed by atoms with Gasteiger partial charge in [0.05, 0.1) is 36.8 Å². The SMILES string of the molecule is CC(C)(C)c1cc(NC(=O)N[C@H]2CC[C@@H](Oc3ccc4nnc(C5CCCN5CCO)n4c3)c3ccccc32)cc(NS(C)(=O)=O)c1. The van der Waals surface area contributed by atoms with Crippen molar-refractivity contribution in [1.82, 2.24) is 24.8 Å². The van der Waals surface area contributed by atoms with Gasteiger partial charge in [-0.2, -0.15) is 0 Å². The molecule has 12 nitrogen and oxygen atoms in total. The normalized spacial score (nSPS) is 20.1. The third-order valence-electron chi connectivity index (χ3n) is 8.83. The molecule has 13 heteroatoms. The van der Waals surface area contributed by atoms with Crippen molar-refractivity contribution in [3.63, 3.8) is 0 Å². The van der Waals surface area contributed by atoms with E-state index in [1.54, 1.807) is 12.1 Å². The largest absolute Gasteiger partial charge is 0.484 e. The van der Waals surface area contributed by atoms with Crippen LogP contribution in [0.5, 0.6) is 5.75 Å². The van der Waals surface area contributed by atoms with E-state index in [9.17, 15) is 18.3 Å². The van der Waals surface area contributed by atoms with Crippen LogP contribution < -0.4 is 20.1 Å². The maximum absolute atomic E-state index is 13.3. The lowest BCUT2D eigenvalue weighted by atomic mass is 9.85.